The zero-order valence-electron chi connectivity index (χ0n) is 7.54. The lowest BCUT2D eigenvalue weighted by Gasteiger charge is -2.11. The van der Waals surface area contributed by atoms with Crippen LogP contribution in [0.2, 0.25) is 0 Å². The second-order valence-corrected chi connectivity index (χ2v) is 3.69. The first kappa shape index (κ1) is 10.3. The van der Waals surface area contributed by atoms with E-state index >= 15 is 0 Å². The van der Waals surface area contributed by atoms with Crippen molar-refractivity contribution in [3.8, 4) is 11.5 Å². The quantitative estimate of drug-likeness (QED) is 0.840. The van der Waals surface area contributed by atoms with E-state index in [0.717, 1.165) is 10.0 Å². The molecule has 0 amide bonds. The molecule has 1 atom stereocenters. The molecule has 13 heavy (non-hydrogen) atoms. The van der Waals surface area contributed by atoms with Crippen LogP contribution in [0.5, 0.6) is 11.5 Å². The Labute approximate surface area is 85.6 Å². The fourth-order valence-electron chi connectivity index (χ4n) is 1.07. The number of benzene rings is 1. The molecule has 0 spiro atoms. The fraction of sp³-hybridized carbons (Fsp3) is 0.333. The number of nitrogens with two attached hydrogens (primary N) is 1. The average molecular weight is 246 g/mol. The molecule has 0 heterocycles. The van der Waals surface area contributed by atoms with Crippen LogP contribution in [0.25, 0.3) is 0 Å². The first-order valence-corrected chi connectivity index (χ1v) is 4.67. The highest BCUT2D eigenvalue weighted by atomic mass is 79.9. The smallest absolute Gasteiger partial charge is 0.160 e. The Kier molecular flexibility index (Phi) is 3.17. The van der Waals surface area contributed by atoms with Gasteiger partial charge >= 0.3 is 0 Å². The summed E-state index contributed by atoms with van der Waals surface area (Å²) < 4.78 is 5.76. The van der Waals surface area contributed by atoms with E-state index in [1.165, 1.54) is 7.11 Å². The van der Waals surface area contributed by atoms with Crippen molar-refractivity contribution in [1.29, 1.82) is 0 Å². The summed E-state index contributed by atoms with van der Waals surface area (Å²) >= 11 is 3.32. The zero-order valence-corrected chi connectivity index (χ0v) is 9.13. The van der Waals surface area contributed by atoms with Crippen LogP contribution in [0.4, 0.5) is 0 Å². The third-order valence-corrected chi connectivity index (χ3v) is 2.48. The third-order valence-electron chi connectivity index (χ3n) is 1.79. The number of phenols is 1. The summed E-state index contributed by atoms with van der Waals surface area (Å²) in [7, 11) is 1.51. The van der Waals surface area contributed by atoms with E-state index in [9.17, 15) is 5.11 Å². The van der Waals surface area contributed by atoms with E-state index in [1.807, 2.05) is 6.92 Å². The van der Waals surface area contributed by atoms with Gasteiger partial charge in [-0.2, -0.15) is 0 Å². The van der Waals surface area contributed by atoms with Gasteiger partial charge in [0.25, 0.3) is 0 Å². The summed E-state index contributed by atoms with van der Waals surface area (Å²) in [5.74, 6) is 0.550. The molecule has 0 bridgehead atoms. The Morgan fingerprint density at radius 3 is 2.62 bits per heavy atom. The number of hydrogen-bond acceptors (Lipinski definition) is 3. The van der Waals surface area contributed by atoms with Crippen LogP contribution in [-0.4, -0.2) is 12.2 Å². The molecule has 3 N–H and O–H groups in total. The number of ether oxygens (including phenoxy) is 1. The van der Waals surface area contributed by atoms with Crippen LogP contribution in [0.3, 0.4) is 0 Å². The molecule has 0 aliphatic carbocycles. The normalized spacial score (nSPS) is 12.6. The van der Waals surface area contributed by atoms with Crippen molar-refractivity contribution in [2.75, 3.05) is 7.11 Å². The predicted octanol–water partition coefficient (Wildman–Crippen LogP) is 2.18. The van der Waals surface area contributed by atoms with Crippen molar-refractivity contribution in [2.45, 2.75) is 13.0 Å². The number of aromatic hydroxyl groups is 1. The van der Waals surface area contributed by atoms with Gasteiger partial charge in [-0.05, 0) is 24.6 Å². The molecule has 0 fully saturated rings. The van der Waals surface area contributed by atoms with Gasteiger partial charge in [0.2, 0.25) is 0 Å². The molecule has 1 rings (SSSR count). The Morgan fingerprint density at radius 1 is 1.54 bits per heavy atom. The van der Waals surface area contributed by atoms with Crippen molar-refractivity contribution in [3.05, 3.63) is 22.2 Å². The highest BCUT2D eigenvalue weighted by Crippen LogP contribution is 2.34. The lowest BCUT2D eigenvalue weighted by molar-refractivity contribution is 0.372. The van der Waals surface area contributed by atoms with Gasteiger partial charge in [-0.1, -0.05) is 15.9 Å². The minimum Gasteiger partial charge on any atom is -0.504 e. The molecule has 0 aromatic heterocycles. The average Bonchev–Trinajstić information content (AvgIpc) is 2.03. The molecule has 0 radical (unpaired) electrons. The predicted molar refractivity (Wildman–Crippen MR) is 55.0 cm³/mol. The second-order valence-electron chi connectivity index (χ2n) is 2.83. The van der Waals surface area contributed by atoms with Gasteiger partial charge in [0.15, 0.2) is 11.5 Å². The first-order chi connectivity index (χ1) is 6.06. The van der Waals surface area contributed by atoms with Crippen LogP contribution in [0.15, 0.2) is 16.6 Å². The molecule has 3 nitrogen and oxygen atoms in total. The Hall–Kier alpha value is -0.740. The molecular weight excluding hydrogens is 234 g/mol. The van der Waals surface area contributed by atoms with E-state index in [4.69, 9.17) is 10.5 Å². The summed E-state index contributed by atoms with van der Waals surface area (Å²) in [6.07, 6.45) is 0. The fourth-order valence-corrected chi connectivity index (χ4v) is 1.76. The molecule has 1 aromatic carbocycles. The molecule has 0 aliphatic heterocycles. The van der Waals surface area contributed by atoms with E-state index < -0.39 is 0 Å². The van der Waals surface area contributed by atoms with Crippen LogP contribution in [0, 0.1) is 0 Å². The van der Waals surface area contributed by atoms with E-state index in [1.54, 1.807) is 12.1 Å². The van der Waals surface area contributed by atoms with Gasteiger partial charge in [0.05, 0.1) is 7.11 Å². The minimum atomic E-state index is -0.0936. The van der Waals surface area contributed by atoms with Gasteiger partial charge in [-0.3, -0.25) is 0 Å². The van der Waals surface area contributed by atoms with Crippen molar-refractivity contribution in [1.82, 2.24) is 0 Å². The Morgan fingerprint density at radius 2 is 2.15 bits per heavy atom. The van der Waals surface area contributed by atoms with Crippen LogP contribution < -0.4 is 10.5 Å². The van der Waals surface area contributed by atoms with Gasteiger partial charge in [0.1, 0.15) is 0 Å². The van der Waals surface area contributed by atoms with E-state index in [0.29, 0.717) is 5.75 Å². The Bertz CT molecular complexity index is 313. The molecule has 0 saturated carbocycles. The monoisotopic (exact) mass is 245 g/mol. The summed E-state index contributed by atoms with van der Waals surface area (Å²) in [5.41, 5.74) is 6.63. The molecule has 4 heteroatoms. The molecule has 0 saturated heterocycles. The topological polar surface area (TPSA) is 55.5 Å². The first-order valence-electron chi connectivity index (χ1n) is 3.88. The van der Waals surface area contributed by atoms with Crippen molar-refractivity contribution < 1.29 is 9.84 Å². The van der Waals surface area contributed by atoms with Gasteiger partial charge in [-0.15, -0.1) is 0 Å². The summed E-state index contributed by atoms with van der Waals surface area (Å²) in [6, 6.07) is 3.21. The standard InChI is InChI=1S/C9H12BrNO2/c1-5(11)6-3-9(13-2)8(12)4-7(6)10/h3-5,12H,11H2,1-2H3. The van der Waals surface area contributed by atoms with E-state index in [2.05, 4.69) is 15.9 Å². The minimum absolute atomic E-state index is 0.0936. The lowest BCUT2D eigenvalue weighted by atomic mass is 10.1. The van der Waals surface area contributed by atoms with Crippen molar-refractivity contribution >= 4 is 15.9 Å². The summed E-state index contributed by atoms with van der Waals surface area (Å²) in [6.45, 7) is 1.87. The zero-order chi connectivity index (χ0) is 10.0. The van der Waals surface area contributed by atoms with Gasteiger partial charge in [-0.25, -0.2) is 0 Å². The third kappa shape index (κ3) is 2.14. The Balaban J connectivity index is 3.22. The van der Waals surface area contributed by atoms with Crippen LogP contribution in [0.1, 0.15) is 18.5 Å². The summed E-state index contributed by atoms with van der Waals surface area (Å²) in [4.78, 5) is 0. The molecular formula is C9H12BrNO2. The number of phenolic OH excluding ortho intramolecular Hbond substituents is 1. The van der Waals surface area contributed by atoms with Gasteiger partial charge in [0, 0.05) is 10.5 Å². The van der Waals surface area contributed by atoms with Crippen molar-refractivity contribution in [2.24, 2.45) is 5.73 Å². The molecule has 72 valence electrons. The largest absolute Gasteiger partial charge is 0.504 e. The SMILES string of the molecule is COc1cc(C(C)N)c(Br)cc1O. The number of methoxy groups -OCH3 is 1. The number of halogens is 1. The maximum absolute atomic E-state index is 9.40. The highest BCUT2D eigenvalue weighted by Gasteiger charge is 2.10. The number of hydrogen-bond donors (Lipinski definition) is 2. The van der Waals surface area contributed by atoms with E-state index in [-0.39, 0.29) is 11.8 Å². The highest BCUT2D eigenvalue weighted by molar-refractivity contribution is 9.10. The van der Waals surface area contributed by atoms with Crippen LogP contribution in [-0.2, 0) is 0 Å². The maximum atomic E-state index is 9.40. The maximum Gasteiger partial charge on any atom is 0.160 e. The second kappa shape index (κ2) is 3.98. The molecule has 1 aromatic rings. The summed E-state index contributed by atoms with van der Waals surface area (Å²) in [5, 5.41) is 9.40. The van der Waals surface area contributed by atoms with Crippen molar-refractivity contribution in [3.63, 3.8) is 0 Å². The molecule has 1 unspecified atom stereocenters. The lowest BCUT2D eigenvalue weighted by Crippen LogP contribution is -2.06. The van der Waals surface area contributed by atoms with Crippen LogP contribution >= 0.6 is 15.9 Å². The number of rotatable bonds is 2. The molecule has 0 aliphatic rings. The van der Waals surface area contributed by atoms with Gasteiger partial charge < -0.3 is 15.6 Å².